The van der Waals surface area contributed by atoms with E-state index in [1.807, 2.05) is 43.3 Å². The largest absolute Gasteiger partial charge is 2.00 e. The smallest absolute Gasteiger partial charge is 0.378 e. The van der Waals surface area contributed by atoms with Gasteiger partial charge in [0, 0.05) is 52.5 Å². The van der Waals surface area contributed by atoms with Gasteiger partial charge in [-0.05, 0) is 81.0 Å². The van der Waals surface area contributed by atoms with Crippen LogP contribution >= 0.6 is 0 Å². The minimum atomic E-state index is -3.59. The van der Waals surface area contributed by atoms with Crippen LogP contribution in [0.2, 0.25) is 0 Å². The van der Waals surface area contributed by atoms with Gasteiger partial charge in [0.2, 0.25) is 10.0 Å². The quantitative estimate of drug-likeness (QED) is 0.389. The fourth-order valence-electron chi connectivity index (χ4n) is 3.59. The Balaban J connectivity index is 0.00000432. The van der Waals surface area contributed by atoms with Crippen molar-refractivity contribution < 1.29 is 27.9 Å². The number of hydrogen-bond acceptors (Lipinski definition) is 8. The molecule has 1 aliphatic rings. The van der Waals surface area contributed by atoms with E-state index in [9.17, 15) is 8.42 Å². The van der Waals surface area contributed by atoms with Crippen LogP contribution in [0.15, 0.2) is 63.7 Å². The zero-order valence-corrected chi connectivity index (χ0v) is 24.7. The monoisotopic (exact) mass is 551 g/mol. The topological polar surface area (TPSA) is 101 Å². The Kier molecular flexibility index (Phi) is 13.0. The van der Waals surface area contributed by atoms with Gasteiger partial charge in [-0.3, -0.25) is 0 Å². The summed E-state index contributed by atoms with van der Waals surface area (Å²) in [6.45, 7) is 5.98. The Morgan fingerprint density at radius 2 is 1.23 bits per heavy atom. The Bertz CT molecular complexity index is 986. The molecule has 0 atom stereocenters. The van der Waals surface area contributed by atoms with E-state index in [-0.39, 0.29) is 24.4 Å². The third-order valence-corrected chi connectivity index (χ3v) is 7.52. The van der Waals surface area contributed by atoms with Crippen LogP contribution in [0.1, 0.15) is 12.8 Å². The molecule has 0 saturated carbocycles. The van der Waals surface area contributed by atoms with Crippen molar-refractivity contribution in [2.24, 2.45) is 10.2 Å². The summed E-state index contributed by atoms with van der Waals surface area (Å²) in [5.74, 6) is 0. The Labute approximate surface area is 222 Å². The van der Waals surface area contributed by atoms with E-state index < -0.39 is 10.0 Å². The molecule has 3 rings (SSSR count). The van der Waals surface area contributed by atoms with E-state index in [1.165, 1.54) is 0 Å². The molecule has 1 fully saturated rings. The average Bonchev–Trinajstić information content (AvgIpc) is 2.84. The molecular formula is C24H37N7O2SZn+2. The Morgan fingerprint density at radius 1 is 0.714 bits per heavy atom. The first-order valence-electron chi connectivity index (χ1n) is 11.9. The van der Waals surface area contributed by atoms with Crippen LogP contribution in [0.3, 0.4) is 0 Å². The molecule has 1 saturated heterocycles. The van der Waals surface area contributed by atoms with Gasteiger partial charge in [0.05, 0.1) is 16.3 Å². The van der Waals surface area contributed by atoms with Crippen LogP contribution < -0.4 is 20.9 Å². The summed E-state index contributed by atoms with van der Waals surface area (Å²) < 4.78 is 28.2. The summed E-state index contributed by atoms with van der Waals surface area (Å²) in [6.07, 6.45) is 1.78. The number of rotatable bonds is 5. The van der Waals surface area contributed by atoms with Crippen molar-refractivity contribution in [2.75, 3.05) is 71.4 Å². The first kappa shape index (κ1) is 29.5. The summed E-state index contributed by atoms with van der Waals surface area (Å²) in [4.78, 5) is 2.30. The third kappa shape index (κ3) is 9.67. The summed E-state index contributed by atoms with van der Waals surface area (Å²) >= 11 is 0. The van der Waals surface area contributed by atoms with Crippen molar-refractivity contribution in [1.29, 1.82) is 0 Å². The summed E-state index contributed by atoms with van der Waals surface area (Å²) in [5.41, 5.74) is 2.44. The molecule has 0 bridgehead atoms. The van der Waals surface area contributed by atoms with Gasteiger partial charge in [0.15, 0.2) is 0 Å². The van der Waals surface area contributed by atoms with Crippen LogP contribution in [-0.2, 0) is 29.5 Å². The van der Waals surface area contributed by atoms with E-state index in [4.69, 9.17) is 0 Å². The molecule has 186 valence electrons. The standard InChI is InChI=1S/C24H37N7O2S.Zn/c1-30(2)23-9-5-21(6-10-23)28-29-22-7-11-24(12-8-22)34(32,33)31-19-4-15-26-17-16-25-13-3-14-27-18-20-31;/h5-12,25-27H,3-4,13-20H2,1-2H3;/q;+2. The fourth-order valence-corrected chi connectivity index (χ4v) is 5.07. The number of sulfonamides is 1. The van der Waals surface area contributed by atoms with Crippen molar-refractivity contribution in [2.45, 2.75) is 17.7 Å². The van der Waals surface area contributed by atoms with Crippen LogP contribution in [-0.4, -0.2) is 79.2 Å². The molecule has 3 N–H and O–H groups in total. The van der Waals surface area contributed by atoms with Gasteiger partial charge < -0.3 is 20.9 Å². The number of nitrogens with zero attached hydrogens (tertiary/aromatic N) is 4. The zero-order valence-electron chi connectivity index (χ0n) is 20.9. The van der Waals surface area contributed by atoms with Crippen molar-refractivity contribution in [3.8, 4) is 0 Å². The van der Waals surface area contributed by atoms with Gasteiger partial charge in [-0.25, -0.2) is 8.42 Å². The molecule has 2 aromatic carbocycles. The third-order valence-electron chi connectivity index (χ3n) is 5.61. The van der Waals surface area contributed by atoms with Crippen molar-refractivity contribution >= 4 is 27.1 Å². The summed E-state index contributed by atoms with van der Waals surface area (Å²) in [5, 5.41) is 18.6. The van der Waals surface area contributed by atoms with Crippen molar-refractivity contribution in [3.05, 3.63) is 48.5 Å². The first-order valence-corrected chi connectivity index (χ1v) is 13.3. The molecule has 0 spiro atoms. The zero-order chi connectivity index (χ0) is 24.2. The maximum absolute atomic E-state index is 13.3. The second-order valence-electron chi connectivity index (χ2n) is 8.47. The van der Waals surface area contributed by atoms with Gasteiger partial charge in [0.1, 0.15) is 0 Å². The van der Waals surface area contributed by atoms with E-state index in [1.54, 1.807) is 28.6 Å². The Morgan fingerprint density at radius 3 is 1.80 bits per heavy atom. The number of anilines is 1. The van der Waals surface area contributed by atoms with Gasteiger partial charge in [0.25, 0.3) is 0 Å². The van der Waals surface area contributed by atoms with Gasteiger partial charge in [-0.15, -0.1) is 0 Å². The minimum absolute atomic E-state index is 0. The fraction of sp³-hybridized carbons (Fsp3) is 0.500. The van der Waals surface area contributed by atoms with Crippen LogP contribution in [0.5, 0.6) is 0 Å². The predicted octanol–water partition coefficient (Wildman–Crippen LogP) is 2.72. The van der Waals surface area contributed by atoms with Gasteiger partial charge >= 0.3 is 19.5 Å². The normalized spacial score (nSPS) is 17.4. The van der Waals surface area contributed by atoms with E-state index in [2.05, 4.69) is 26.2 Å². The Hall–Kier alpha value is -1.75. The van der Waals surface area contributed by atoms with Crippen LogP contribution in [0.25, 0.3) is 0 Å². The second-order valence-corrected chi connectivity index (χ2v) is 10.4. The molecular weight excluding hydrogens is 516 g/mol. The SMILES string of the molecule is CN(C)c1ccc(N=Nc2ccc(S(=O)(=O)N3CCCNCCNCCCNCC3)cc2)cc1.[Zn+2]. The number of nitrogens with one attached hydrogen (secondary N) is 3. The molecule has 0 aromatic heterocycles. The summed E-state index contributed by atoms with van der Waals surface area (Å²) in [6, 6.07) is 14.4. The summed E-state index contributed by atoms with van der Waals surface area (Å²) in [7, 11) is 0.382. The molecule has 11 heteroatoms. The van der Waals surface area contributed by atoms with E-state index in [0.29, 0.717) is 25.3 Å². The molecule has 0 radical (unpaired) electrons. The molecule has 0 unspecified atom stereocenters. The minimum Gasteiger partial charge on any atom is -0.378 e. The maximum Gasteiger partial charge on any atom is 2.00 e. The van der Waals surface area contributed by atoms with Crippen molar-refractivity contribution in [3.63, 3.8) is 0 Å². The molecule has 35 heavy (non-hydrogen) atoms. The molecule has 9 nitrogen and oxygen atoms in total. The first-order chi connectivity index (χ1) is 16.5. The molecule has 2 aromatic rings. The molecule has 0 aliphatic carbocycles. The molecule has 1 heterocycles. The van der Waals surface area contributed by atoms with Crippen molar-refractivity contribution in [1.82, 2.24) is 20.3 Å². The second kappa shape index (κ2) is 15.4. The average molecular weight is 553 g/mol. The number of azo groups is 1. The maximum atomic E-state index is 13.3. The van der Waals surface area contributed by atoms with Crippen LogP contribution in [0, 0.1) is 0 Å². The van der Waals surface area contributed by atoms with Crippen LogP contribution in [0.4, 0.5) is 17.1 Å². The number of benzene rings is 2. The molecule has 0 amide bonds. The predicted molar refractivity (Wildman–Crippen MR) is 138 cm³/mol. The van der Waals surface area contributed by atoms with Gasteiger partial charge in [-0.1, -0.05) is 0 Å². The molecule has 1 aliphatic heterocycles. The van der Waals surface area contributed by atoms with Gasteiger partial charge in [-0.2, -0.15) is 14.5 Å². The van der Waals surface area contributed by atoms with E-state index >= 15 is 0 Å². The van der Waals surface area contributed by atoms with E-state index in [0.717, 1.165) is 56.9 Å². The number of hydrogen-bond donors (Lipinski definition) is 3.